The van der Waals surface area contributed by atoms with E-state index in [0.717, 1.165) is 19.3 Å². The maximum atomic E-state index is 13.0. The van der Waals surface area contributed by atoms with Crippen LogP contribution in [0.4, 0.5) is 4.79 Å². The SMILES string of the molecule is Cc1nc(C2(CN(C(=O)OC(C)(C)C)[C@H]3C[C@@H]3c3ccccc3)CC2)no1. The summed E-state index contributed by atoms with van der Waals surface area (Å²) in [4.78, 5) is 19.3. The van der Waals surface area contributed by atoms with Gasteiger partial charge in [0.25, 0.3) is 0 Å². The van der Waals surface area contributed by atoms with Crippen molar-refractivity contribution in [2.24, 2.45) is 0 Å². The molecule has 0 radical (unpaired) electrons. The quantitative estimate of drug-likeness (QED) is 0.790. The Morgan fingerprint density at radius 1 is 1.30 bits per heavy atom. The Morgan fingerprint density at radius 3 is 2.56 bits per heavy atom. The Hall–Kier alpha value is -2.37. The summed E-state index contributed by atoms with van der Waals surface area (Å²) in [7, 11) is 0. The van der Waals surface area contributed by atoms with Crippen molar-refractivity contribution in [1.82, 2.24) is 15.0 Å². The van der Waals surface area contributed by atoms with Crippen molar-refractivity contribution in [3.05, 3.63) is 47.6 Å². The number of ether oxygens (including phenoxy) is 1. The second kappa shape index (κ2) is 6.36. The fourth-order valence-corrected chi connectivity index (χ4v) is 3.67. The molecule has 6 nitrogen and oxygen atoms in total. The van der Waals surface area contributed by atoms with E-state index >= 15 is 0 Å². The van der Waals surface area contributed by atoms with Gasteiger partial charge >= 0.3 is 6.09 Å². The van der Waals surface area contributed by atoms with E-state index in [-0.39, 0.29) is 17.6 Å². The Kier molecular flexibility index (Phi) is 4.24. The lowest BCUT2D eigenvalue weighted by Crippen LogP contribution is -2.43. The Bertz CT molecular complexity index is 821. The van der Waals surface area contributed by atoms with Gasteiger partial charge in [0.2, 0.25) is 5.89 Å². The molecule has 6 heteroatoms. The lowest BCUT2D eigenvalue weighted by Gasteiger charge is -2.30. The molecule has 2 aliphatic rings. The van der Waals surface area contributed by atoms with E-state index in [9.17, 15) is 4.79 Å². The fourth-order valence-electron chi connectivity index (χ4n) is 3.67. The first-order chi connectivity index (χ1) is 12.8. The monoisotopic (exact) mass is 369 g/mol. The fraction of sp³-hybridized carbons (Fsp3) is 0.571. The van der Waals surface area contributed by atoms with Gasteiger partial charge in [-0.05, 0) is 45.6 Å². The first-order valence-corrected chi connectivity index (χ1v) is 9.63. The summed E-state index contributed by atoms with van der Waals surface area (Å²) < 4.78 is 10.9. The zero-order chi connectivity index (χ0) is 19.2. The van der Waals surface area contributed by atoms with Crippen LogP contribution in [0.25, 0.3) is 0 Å². The van der Waals surface area contributed by atoms with E-state index in [1.165, 1.54) is 5.56 Å². The smallest absolute Gasteiger partial charge is 0.410 e. The zero-order valence-electron chi connectivity index (χ0n) is 16.4. The van der Waals surface area contributed by atoms with Gasteiger partial charge in [0, 0.05) is 25.4 Å². The average molecular weight is 369 g/mol. The molecule has 2 aromatic rings. The van der Waals surface area contributed by atoms with Gasteiger partial charge in [0.05, 0.1) is 5.41 Å². The van der Waals surface area contributed by atoms with Crippen molar-refractivity contribution in [2.45, 2.75) is 69.9 Å². The second-order valence-corrected chi connectivity index (χ2v) is 8.85. The van der Waals surface area contributed by atoms with Crippen molar-refractivity contribution in [3.8, 4) is 0 Å². The van der Waals surface area contributed by atoms with Gasteiger partial charge in [0.1, 0.15) is 5.60 Å². The van der Waals surface area contributed by atoms with E-state index in [1.807, 2.05) is 43.9 Å². The third-order valence-corrected chi connectivity index (χ3v) is 5.34. The number of hydrogen-bond donors (Lipinski definition) is 0. The number of hydrogen-bond acceptors (Lipinski definition) is 5. The highest BCUT2D eigenvalue weighted by Gasteiger charge is 2.55. The number of aryl methyl sites for hydroxylation is 1. The van der Waals surface area contributed by atoms with Crippen LogP contribution in [0.15, 0.2) is 34.9 Å². The molecule has 0 bridgehead atoms. The third-order valence-electron chi connectivity index (χ3n) is 5.34. The zero-order valence-corrected chi connectivity index (χ0v) is 16.4. The van der Waals surface area contributed by atoms with Crippen molar-refractivity contribution in [3.63, 3.8) is 0 Å². The Labute approximate surface area is 159 Å². The summed E-state index contributed by atoms with van der Waals surface area (Å²) in [5.41, 5.74) is 0.557. The van der Waals surface area contributed by atoms with Gasteiger partial charge in [0.15, 0.2) is 5.82 Å². The molecule has 4 rings (SSSR count). The number of rotatable bonds is 5. The van der Waals surface area contributed by atoms with Crippen LogP contribution in [0.1, 0.15) is 63.2 Å². The molecule has 0 aliphatic heterocycles. The lowest BCUT2D eigenvalue weighted by molar-refractivity contribution is 0.0208. The minimum absolute atomic E-state index is 0.160. The minimum Gasteiger partial charge on any atom is -0.444 e. The summed E-state index contributed by atoms with van der Waals surface area (Å²) in [6, 6.07) is 10.5. The second-order valence-electron chi connectivity index (χ2n) is 8.85. The van der Waals surface area contributed by atoms with Crippen LogP contribution >= 0.6 is 0 Å². The number of amides is 1. The van der Waals surface area contributed by atoms with E-state index in [4.69, 9.17) is 9.26 Å². The highest BCUT2D eigenvalue weighted by atomic mass is 16.6. The minimum atomic E-state index is -0.522. The molecule has 2 saturated carbocycles. The normalized spacial score (nSPS) is 23.0. The number of carbonyl (C=O) groups is 1. The number of aromatic nitrogens is 2. The van der Waals surface area contributed by atoms with Crippen molar-refractivity contribution in [1.29, 1.82) is 0 Å². The summed E-state index contributed by atoms with van der Waals surface area (Å²) in [5, 5.41) is 4.13. The summed E-state index contributed by atoms with van der Waals surface area (Å²) in [6.45, 7) is 8.08. The number of carbonyl (C=O) groups excluding carboxylic acids is 1. The van der Waals surface area contributed by atoms with Crippen LogP contribution in [0, 0.1) is 6.92 Å². The summed E-state index contributed by atoms with van der Waals surface area (Å²) in [5.74, 6) is 1.64. The first kappa shape index (κ1) is 18.0. The molecule has 2 atom stereocenters. The van der Waals surface area contributed by atoms with Crippen LogP contribution in [0.3, 0.4) is 0 Å². The van der Waals surface area contributed by atoms with Crippen LogP contribution < -0.4 is 0 Å². The molecule has 1 heterocycles. The average Bonchev–Trinajstić information content (AvgIpc) is 3.51. The van der Waals surface area contributed by atoms with Crippen molar-refractivity contribution >= 4 is 6.09 Å². The molecule has 0 spiro atoms. The molecule has 0 N–H and O–H groups in total. The molecule has 1 aromatic heterocycles. The number of benzene rings is 1. The van der Waals surface area contributed by atoms with E-state index in [0.29, 0.717) is 24.2 Å². The largest absolute Gasteiger partial charge is 0.444 e. The summed E-state index contributed by atoms with van der Waals surface area (Å²) >= 11 is 0. The van der Waals surface area contributed by atoms with E-state index in [2.05, 4.69) is 22.3 Å². The Balaban J connectivity index is 1.55. The lowest BCUT2D eigenvalue weighted by atomic mass is 10.1. The van der Waals surface area contributed by atoms with Gasteiger partial charge in [-0.15, -0.1) is 0 Å². The van der Waals surface area contributed by atoms with Gasteiger partial charge in [-0.3, -0.25) is 0 Å². The molecule has 2 aliphatic carbocycles. The number of nitrogens with zero attached hydrogens (tertiary/aromatic N) is 3. The molecular formula is C21H27N3O3. The van der Waals surface area contributed by atoms with Crippen LogP contribution in [0.2, 0.25) is 0 Å². The maximum Gasteiger partial charge on any atom is 0.410 e. The first-order valence-electron chi connectivity index (χ1n) is 9.63. The third kappa shape index (κ3) is 3.84. The van der Waals surface area contributed by atoms with Crippen molar-refractivity contribution in [2.75, 3.05) is 6.54 Å². The van der Waals surface area contributed by atoms with E-state index in [1.54, 1.807) is 6.92 Å². The standard InChI is InChI=1S/C21H27N3O3/c1-14-22-18(23-27-14)21(10-11-21)13-24(19(25)26-20(2,3)4)17-12-16(17)15-8-6-5-7-9-15/h5-9,16-17H,10-13H2,1-4H3/t16-,17+/m1/s1. The highest BCUT2D eigenvalue weighted by Crippen LogP contribution is 2.51. The predicted octanol–water partition coefficient (Wildman–Crippen LogP) is 4.20. The Morgan fingerprint density at radius 2 is 2.00 bits per heavy atom. The van der Waals surface area contributed by atoms with E-state index < -0.39 is 5.60 Å². The topological polar surface area (TPSA) is 68.5 Å². The molecule has 0 saturated heterocycles. The molecule has 27 heavy (non-hydrogen) atoms. The maximum absolute atomic E-state index is 13.0. The van der Waals surface area contributed by atoms with Crippen LogP contribution in [-0.4, -0.2) is 39.3 Å². The van der Waals surface area contributed by atoms with Gasteiger partial charge in [-0.25, -0.2) is 4.79 Å². The molecular weight excluding hydrogens is 342 g/mol. The molecule has 1 aromatic carbocycles. The van der Waals surface area contributed by atoms with Crippen LogP contribution in [-0.2, 0) is 10.2 Å². The molecule has 1 amide bonds. The van der Waals surface area contributed by atoms with Crippen molar-refractivity contribution < 1.29 is 14.1 Å². The summed E-state index contributed by atoms with van der Waals surface area (Å²) in [6.07, 6.45) is 2.64. The molecule has 2 fully saturated rings. The van der Waals surface area contributed by atoms with Gasteiger partial charge in [-0.1, -0.05) is 35.5 Å². The van der Waals surface area contributed by atoms with Gasteiger partial charge < -0.3 is 14.2 Å². The molecule has 144 valence electrons. The highest BCUT2D eigenvalue weighted by molar-refractivity contribution is 5.70. The molecule has 0 unspecified atom stereocenters. The predicted molar refractivity (Wildman–Crippen MR) is 100 cm³/mol. The van der Waals surface area contributed by atoms with Gasteiger partial charge in [-0.2, -0.15) is 4.98 Å². The van der Waals surface area contributed by atoms with Crippen LogP contribution in [0.5, 0.6) is 0 Å².